The molecule has 222 valence electrons. The van der Waals surface area contributed by atoms with Crippen molar-refractivity contribution in [2.45, 2.75) is 82.1 Å². The highest BCUT2D eigenvalue weighted by atomic mass is 32.2. The first-order valence-electron chi connectivity index (χ1n) is 14.2. The van der Waals surface area contributed by atoms with Crippen LogP contribution < -0.4 is 0 Å². The molecule has 1 fully saturated rings. The number of hydrogen-bond donors (Lipinski definition) is 0. The third-order valence-corrected chi connectivity index (χ3v) is 9.30. The van der Waals surface area contributed by atoms with Crippen molar-refractivity contribution in [1.82, 2.24) is 4.90 Å². The van der Waals surface area contributed by atoms with Crippen molar-refractivity contribution in [2.24, 2.45) is 5.92 Å². The Morgan fingerprint density at radius 1 is 0.976 bits per heavy atom. The molecular formula is C32H41NO7S. The summed E-state index contributed by atoms with van der Waals surface area (Å²) in [5.74, 6) is -2.30. The molecule has 0 spiro atoms. The smallest absolute Gasteiger partial charge is 0.329 e. The minimum absolute atomic E-state index is 0.134. The molecule has 2 aromatic carbocycles. The number of fused-ring (bicyclic) bond motifs is 3. The van der Waals surface area contributed by atoms with Gasteiger partial charge >= 0.3 is 11.9 Å². The number of nitrogens with zero attached hydrogens (tertiary/aromatic N) is 1. The third kappa shape index (κ3) is 5.72. The molecule has 0 amide bonds. The Hall–Kier alpha value is -3.01. The van der Waals surface area contributed by atoms with E-state index in [1.165, 1.54) is 0 Å². The topological polar surface area (TPSA) is 91.4 Å². The average Bonchev–Trinajstić information content (AvgIpc) is 3.25. The van der Waals surface area contributed by atoms with Gasteiger partial charge in [-0.25, -0.2) is 4.79 Å². The van der Waals surface area contributed by atoms with Gasteiger partial charge in [-0.15, -0.1) is 0 Å². The van der Waals surface area contributed by atoms with E-state index in [0.717, 1.165) is 16.7 Å². The normalized spacial score (nSPS) is 24.1. The van der Waals surface area contributed by atoms with Crippen molar-refractivity contribution in [3.8, 4) is 0 Å². The monoisotopic (exact) mass is 583 g/mol. The standard InChI is InChI=1S/C32H41NO7S/c1-8-37-28(34)26-25(29(38-9-2)39-10-3)32(30(35)40-31(5,6)7,41(36)23-17-15-21(4)16-18-23)27-24-14-12-11-13-22(24)19-20-33(26)27/h11-20,25-27,29H,8-10H2,1-7H3/t25-,26-,27+,32-,41-/m0/s1. The van der Waals surface area contributed by atoms with Gasteiger partial charge < -0.3 is 23.8 Å². The average molecular weight is 584 g/mol. The Kier molecular flexibility index (Phi) is 9.41. The summed E-state index contributed by atoms with van der Waals surface area (Å²) in [6.07, 6.45) is 2.62. The van der Waals surface area contributed by atoms with Gasteiger partial charge in [0.2, 0.25) is 0 Å². The lowest BCUT2D eigenvalue weighted by Gasteiger charge is -2.42. The lowest BCUT2D eigenvalue weighted by atomic mass is 9.81. The van der Waals surface area contributed by atoms with Gasteiger partial charge in [-0.3, -0.25) is 9.00 Å². The molecule has 2 heterocycles. The van der Waals surface area contributed by atoms with Gasteiger partial charge in [0.25, 0.3) is 0 Å². The van der Waals surface area contributed by atoms with Crippen LogP contribution in [0.1, 0.15) is 64.3 Å². The van der Waals surface area contributed by atoms with Gasteiger partial charge in [-0.05, 0) is 77.8 Å². The number of hydrogen-bond acceptors (Lipinski definition) is 8. The first-order chi connectivity index (χ1) is 19.5. The number of carbonyl (C=O) groups is 2. The Morgan fingerprint density at radius 3 is 2.20 bits per heavy atom. The summed E-state index contributed by atoms with van der Waals surface area (Å²) in [4.78, 5) is 31.0. The molecule has 4 rings (SSSR count). The van der Waals surface area contributed by atoms with E-state index in [1.54, 1.807) is 50.9 Å². The van der Waals surface area contributed by atoms with Gasteiger partial charge in [-0.1, -0.05) is 42.0 Å². The Balaban J connectivity index is 2.12. The number of carbonyl (C=O) groups excluding carboxylic acids is 2. The van der Waals surface area contributed by atoms with Gasteiger partial charge in [0, 0.05) is 24.3 Å². The summed E-state index contributed by atoms with van der Waals surface area (Å²) in [5.41, 5.74) is 1.69. The molecule has 0 radical (unpaired) electrons. The zero-order chi connectivity index (χ0) is 29.9. The van der Waals surface area contributed by atoms with Crippen LogP contribution >= 0.6 is 0 Å². The van der Waals surface area contributed by atoms with E-state index in [9.17, 15) is 9.59 Å². The van der Waals surface area contributed by atoms with Crippen molar-refractivity contribution in [3.63, 3.8) is 0 Å². The molecule has 2 aliphatic rings. The highest BCUT2D eigenvalue weighted by Gasteiger charge is 2.73. The van der Waals surface area contributed by atoms with Crippen LogP contribution in [-0.4, -0.2) is 63.5 Å². The van der Waals surface area contributed by atoms with Crippen molar-refractivity contribution in [2.75, 3.05) is 19.8 Å². The number of rotatable bonds is 10. The second-order valence-corrected chi connectivity index (χ2v) is 12.9. The third-order valence-electron chi connectivity index (χ3n) is 7.32. The molecule has 2 aromatic rings. The molecule has 5 atom stereocenters. The summed E-state index contributed by atoms with van der Waals surface area (Å²) in [7, 11) is -2.03. The Morgan fingerprint density at radius 2 is 1.61 bits per heavy atom. The Labute approximate surface area is 245 Å². The lowest BCUT2D eigenvalue weighted by molar-refractivity contribution is -0.191. The van der Waals surface area contributed by atoms with Crippen LogP contribution in [0.25, 0.3) is 6.08 Å². The van der Waals surface area contributed by atoms with Crippen LogP contribution in [0.15, 0.2) is 59.6 Å². The number of esters is 2. The van der Waals surface area contributed by atoms with Crippen LogP contribution in [0.4, 0.5) is 0 Å². The van der Waals surface area contributed by atoms with Crippen LogP contribution in [0.5, 0.6) is 0 Å². The molecular weight excluding hydrogens is 542 g/mol. The first kappa shape index (κ1) is 30.9. The highest BCUT2D eigenvalue weighted by Crippen LogP contribution is 2.57. The molecule has 0 N–H and O–H groups in total. The Bertz CT molecular complexity index is 1300. The maximum Gasteiger partial charge on any atom is 0.329 e. The summed E-state index contributed by atoms with van der Waals surface area (Å²) in [6.45, 7) is 13.2. The highest BCUT2D eigenvalue weighted by molar-refractivity contribution is 7.87. The van der Waals surface area contributed by atoms with E-state index < -0.39 is 57.4 Å². The van der Waals surface area contributed by atoms with E-state index in [4.69, 9.17) is 18.9 Å². The molecule has 9 heteroatoms. The zero-order valence-electron chi connectivity index (χ0n) is 24.9. The van der Waals surface area contributed by atoms with E-state index in [1.807, 2.05) is 63.2 Å². The predicted molar refractivity (Wildman–Crippen MR) is 157 cm³/mol. The zero-order valence-corrected chi connectivity index (χ0v) is 25.7. The second-order valence-electron chi connectivity index (χ2n) is 11.2. The van der Waals surface area contributed by atoms with E-state index >= 15 is 4.21 Å². The minimum Gasteiger partial charge on any atom is -0.464 e. The summed E-state index contributed by atoms with van der Waals surface area (Å²) < 4.78 is 37.4. The van der Waals surface area contributed by atoms with E-state index in [-0.39, 0.29) is 19.8 Å². The SMILES string of the molecule is CCOC(=O)[C@@H]1[C@@H](C(OCC)OCC)[C@](C(=O)OC(C)(C)C)([S@@](=O)c2ccc(C)cc2)[C@H]2c3ccccc3C=CN12. The predicted octanol–water partition coefficient (Wildman–Crippen LogP) is 5.17. The first-order valence-corrected chi connectivity index (χ1v) is 15.3. The van der Waals surface area contributed by atoms with Crippen LogP contribution in [0.2, 0.25) is 0 Å². The van der Waals surface area contributed by atoms with Crippen molar-refractivity contribution >= 4 is 28.8 Å². The van der Waals surface area contributed by atoms with E-state index in [2.05, 4.69) is 0 Å². The molecule has 8 nitrogen and oxygen atoms in total. The largest absolute Gasteiger partial charge is 0.464 e. The maximum absolute atomic E-state index is 15.2. The summed E-state index contributed by atoms with van der Waals surface area (Å²) >= 11 is 0. The molecule has 41 heavy (non-hydrogen) atoms. The van der Waals surface area contributed by atoms with E-state index in [0.29, 0.717) is 4.90 Å². The number of ether oxygens (including phenoxy) is 4. The van der Waals surface area contributed by atoms with Crippen LogP contribution in [0.3, 0.4) is 0 Å². The lowest BCUT2D eigenvalue weighted by Crippen LogP contribution is -2.59. The fourth-order valence-corrected chi connectivity index (χ4v) is 7.73. The van der Waals surface area contributed by atoms with Crippen molar-refractivity contribution < 1.29 is 32.7 Å². The van der Waals surface area contributed by atoms with Gasteiger partial charge in [0.1, 0.15) is 11.6 Å². The molecule has 0 bridgehead atoms. The van der Waals surface area contributed by atoms with Gasteiger partial charge in [0.15, 0.2) is 11.0 Å². The molecule has 0 aliphatic carbocycles. The van der Waals surface area contributed by atoms with Crippen molar-refractivity contribution in [1.29, 1.82) is 0 Å². The molecule has 2 aliphatic heterocycles. The number of aryl methyl sites for hydroxylation is 1. The minimum atomic E-state index is -2.03. The summed E-state index contributed by atoms with van der Waals surface area (Å²) in [5, 5.41) is 0. The van der Waals surface area contributed by atoms with Gasteiger partial charge in [-0.2, -0.15) is 0 Å². The summed E-state index contributed by atoms with van der Waals surface area (Å²) in [6, 6.07) is 13.0. The number of benzene rings is 2. The quantitative estimate of drug-likeness (QED) is 0.280. The van der Waals surface area contributed by atoms with Crippen LogP contribution in [-0.2, 0) is 39.3 Å². The molecule has 1 saturated heterocycles. The molecule has 0 saturated carbocycles. The molecule has 0 aromatic heterocycles. The van der Waals surface area contributed by atoms with Crippen molar-refractivity contribution in [3.05, 3.63) is 71.4 Å². The van der Waals surface area contributed by atoms with Crippen LogP contribution in [0, 0.1) is 12.8 Å². The fourth-order valence-electron chi connectivity index (χ4n) is 5.83. The maximum atomic E-state index is 15.2. The second kappa shape index (κ2) is 12.5. The van der Waals surface area contributed by atoms with Gasteiger partial charge in [0.05, 0.1) is 29.4 Å². The molecule has 0 unspecified atom stereocenters. The fraction of sp³-hybridized carbons (Fsp3) is 0.500.